The van der Waals surface area contributed by atoms with Gasteiger partial charge in [-0.25, -0.2) is 0 Å². The number of alkyl halides is 6. The minimum absolute atomic E-state index is 0. The second kappa shape index (κ2) is 14.8. The molecule has 236 valence electrons. The van der Waals surface area contributed by atoms with Gasteiger partial charge in [0, 0.05) is 62.4 Å². The molecule has 0 bridgehead atoms. The molecule has 0 radical (unpaired) electrons. The molecule has 2 fully saturated rings. The molecule has 5 nitrogen and oxygen atoms in total. The highest BCUT2D eigenvalue weighted by molar-refractivity contribution is 6.30. The quantitative estimate of drug-likeness (QED) is 0.322. The predicted molar refractivity (Wildman–Crippen MR) is 154 cm³/mol. The molecule has 0 aliphatic carbocycles. The van der Waals surface area contributed by atoms with E-state index in [2.05, 4.69) is 9.80 Å². The van der Waals surface area contributed by atoms with Crippen LogP contribution in [0.25, 0.3) is 0 Å². The molecule has 2 saturated heterocycles. The van der Waals surface area contributed by atoms with E-state index in [9.17, 15) is 31.1 Å². The fraction of sp³-hybridized carbons (Fsp3) is 0.536. The van der Waals surface area contributed by atoms with Crippen molar-refractivity contribution >= 4 is 42.3 Å². The van der Waals surface area contributed by atoms with Crippen LogP contribution in [0.1, 0.15) is 40.9 Å². The highest BCUT2D eigenvalue weighted by Crippen LogP contribution is 2.37. The summed E-state index contributed by atoms with van der Waals surface area (Å²) in [5.41, 5.74) is -2.79. The molecule has 4 rings (SSSR count). The standard InChI is InChI=1S/C28H32ClF6N3O2.2ClH/c1-18-15-37(16-19(2)40-18)8-7-36-9-10-38(25(17-36)11-20-3-5-24(29)6-4-20)26(39)21-12-22(27(30,31)32)14-23(13-21)28(33,34)35;;/h3-6,12-14,18-19,25H,7-11,15-17H2,1-2H3;2*1H/t18?,19?,25-;;/m1../s1. The van der Waals surface area contributed by atoms with Gasteiger partial charge in [0.25, 0.3) is 5.91 Å². The van der Waals surface area contributed by atoms with E-state index in [1.807, 2.05) is 13.8 Å². The summed E-state index contributed by atoms with van der Waals surface area (Å²) in [6, 6.07) is 7.58. The van der Waals surface area contributed by atoms with Crippen molar-refractivity contribution in [2.45, 2.75) is 50.9 Å². The topological polar surface area (TPSA) is 36.0 Å². The van der Waals surface area contributed by atoms with Crippen LogP contribution in [0.5, 0.6) is 0 Å². The SMILES string of the molecule is CC1CN(CCN2CCN(C(=O)c3cc(C(F)(F)F)cc(C(F)(F)F)c3)[C@H](Cc3ccc(Cl)cc3)C2)CC(C)O1.Cl.Cl. The van der Waals surface area contributed by atoms with Gasteiger partial charge >= 0.3 is 12.4 Å². The van der Waals surface area contributed by atoms with Crippen LogP contribution < -0.4 is 0 Å². The van der Waals surface area contributed by atoms with Crippen LogP contribution in [-0.2, 0) is 23.5 Å². The highest BCUT2D eigenvalue weighted by atomic mass is 35.5. The number of amides is 1. The van der Waals surface area contributed by atoms with Gasteiger partial charge in [-0.2, -0.15) is 26.3 Å². The van der Waals surface area contributed by atoms with Crippen LogP contribution in [0.3, 0.4) is 0 Å². The molecule has 2 aromatic carbocycles. The Morgan fingerprint density at radius 1 is 0.833 bits per heavy atom. The lowest BCUT2D eigenvalue weighted by molar-refractivity contribution is -0.143. The van der Waals surface area contributed by atoms with E-state index < -0.39 is 41.0 Å². The van der Waals surface area contributed by atoms with E-state index in [4.69, 9.17) is 16.3 Å². The summed E-state index contributed by atoms with van der Waals surface area (Å²) < 4.78 is 86.5. The Hall–Kier alpha value is -1.76. The average Bonchev–Trinajstić information content (AvgIpc) is 2.87. The first kappa shape index (κ1) is 36.4. The third-order valence-corrected chi connectivity index (χ3v) is 7.53. The van der Waals surface area contributed by atoms with Crippen LogP contribution in [0.4, 0.5) is 26.3 Å². The fourth-order valence-corrected chi connectivity index (χ4v) is 5.58. The van der Waals surface area contributed by atoms with Crippen LogP contribution in [0.2, 0.25) is 5.02 Å². The van der Waals surface area contributed by atoms with Gasteiger partial charge in [0.05, 0.1) is 23.3 Å². The number of benzene rings is 2. The van der Waals surface area contributed by atoms with Gasteiger partial charge in [0.15, 0.2) is 0 Å². The normalized spacial score (nSPS) is 22.3. The maximum absolute atomic E-state index is 13.5. The van der Waals surface area contributed by atoms with Gasteiger partial charge < -0.3 is 9.64 Å². The first-order valence-electron chi connectivity index (χ1n) is 13.1. The lowest BCUT2D eigenvalue weighted by Gasteiger charge is -2.43. The van der Waals surface area contributed by atoms with Gasteiger partial charge in [-0.1, -0.05) is 23.7 Å². The number of piperazine rings is 1. The van der Waals surface area contributed by atoms with Crippen LogP contribution >= 0.6 is 36.4 Å². The van der Waals surface area contributed by atoms with Crippen LogP contribution in [0, 0.1) is 0 Å². The number of hydrogen-bond acceptors (Lipinski definition) is 4. The fourth-order valence-electron chi connectivity index (χ4n) is 5.45. The summed E-state index contributed by atoms with van der Waals surface area (Å²) in [6.07, 6.45) is -9.47. The van der Waals surface area contributed by atoms with Crippen molar-refractivity contribution in [1.29, 1.82) is 0 Å². The second-order valence-electron chi connectivity index (χ2n) is 10.6. The summed E-state index contributed by atoms with van der Waals surface area (Å²) >= 11 is 6.01. The van der Waals surface area contributed by atoms with E-state index in [0.29, 0.717) is 43.2 Å². The first-order chi connectivity index (χ1) is 18.7. The predicted octanol–water partition coefficient (Wildman–Crippen LogP) is 6.70. The minimum Gasteiger partial charge on any atom is -0.373 e. The molecule has 1 amide bonds. The van der Waals surface area contributed by atoms with Gasteiger partial charge in [0.2, 0.25) is 0 Å². The largest absolute Gasteiger partial charge is 0.416 e. The number of hydrogen-bond donors (Lipinski definition) is 0. The molecule has 0 aromatic heterocycles. The molecule has 0 spiro atoms. The van der Waals surface area contributed by atoms with Crippen LogP contribution in [-0.4, -0.2) is 84.7 Å². The molecule has 2 aliphatic rings. The molecule has 2 unspecified atom stereocenters. The van der Waals surface area contributed by atoms with Gasteiger partial charge in [-0.05, 0) is 56.2 Å². The summed E-state index contributed by atoms with van der Waals surface area (Å²) in [5, 5.41) is 0.527. The Labute approximate surface area is 258 Å². The number of nitrogens with zero attached hydrogens (tertiary/aromatic N) is 3. The lowest BCUT2D eigenvalue weighted by atomic mass is 9.99. The zero-order chi connectivity index (χ0) is 29.2. The second-order valence-corrected chi connectivity index (χ2v) is 11.0. The zero-order valence-electron chi connectivity index (χ0n) is 23.1. The Bertz CT molecular complexity index is 1140. The third kappa shape index (κ3) is 9.62. The average molecular weight is 665 g/mol. The van der Waals surface area contributed by atoms with Gasteiger partial charge in [-0.3, -0.25) is 14.6 Å². The number of carbonyl (C=O) groups is 1. The Morgan fingerprint density at radius 3 is 1.88 bits per heavy atom. The van der Waals surface area contributed by atoms with Crippen LogP contribution in [0.15, 0.2) is 42.5 Å². The van der Waals surface area contributed by atoms with Crippen molar-refractivity contribution in [3.05, 3.63) is 69.7 Å². The number of ether oxygens (including phenoxy) is 1. The van der Waals surface area contributed by atoms with Crippen molar-refractivity contribution in [2.75, 3.05) is 45.8 Å². The summed E-state index contributed by atoms with van der Waals surface area (Å²) in [4.78, 5) is 19.4. The Balaban J connectivity index is 0.00000308. The highest BCUT2D eigenvalue weighted by Gasteiger charge is 2.39. The zero-order valence-corrected chi connectivity index (χ0v) is 25.4. The Kier molecular flexibility index (Phi) is 12.8. The van der Waals surface area contributed by atoms with E-state index in [0.717, 1.165) is 25.2 Å². The molecule has 2 aliphatic heterocycles. The minimum atomic E-state index is -5.04. The molecule has 14 heteroatoms. The number of carbonyl (C=O) groups excluding carboxylic acids is 1. The first-order valence-corrected chi connectivity index (χ1v) is 13.5. The summed E-state index contributed by atoms with van der Waals surface area (Å²) in [5.74, 6) is -0.856. The molecule has 3 atom stereocenters. The molecular weight excluding hydrogens is 631 g/mol. The summed E-state index contributed by atoms with van der Waals surface area (Å²) in [6.45, 7) is 8.17. The van der Waals surface area contributed by atoms with Crippen molar-refractivity contribution < 1.29 is 35.9 Å². The maximum atomic E-state index is 13.5. The van der Waals surface area contributed by atoms with Crippen molar-refractivity contribution in [3.63, 3.8) is 0 Å². The smallest absolute Gasteiger partial charge is 0.373 e. The van der Waals surface area contributed by atoms with E-state index >= 15 is 0 Å². The molecular formula is C28H34Cl3F6N3O2. The van der Waals surface area contributed by atoms with E-state index in [1.165, 1.54) is 4.90 Å². The number of rotatable bonds is 6. The Morgan fingerprint density at radius 2 is 1.36 bits per heavy atom. The number of morpholine rings is 1. The molecule has 2 aromatic rings. The molecule has 0 N–H and O–H groups in total. The van der Waals surface area contributed by atoms with Crippen molar-refractivity contribution in [1.82, 2.24) is 14.7 Å². The van der Waals surface area contributed by atoms with Gasteiger partial charge in [0.1, 0.15) is 0 Å². The van der Waals surface area contributed by atoms with Crippen molar-refractivity contribution in [3.8, 4) is 0 Å². The summed E-state index contributed by atoms with van der Waals surface area (Å²) in [7, 11) is 0. The third-order valence-electron chi connectivity index (χ3n) is 7.27. The van der Waals surface area contributed by atoms with Gasteiger partial charge in [-0.15, -0.1) is 24.8 Å². The number of halogens is 9. The van der Waals surface area contributed by atoms with Crippen molar-refractivity contribution in [2.24, 2.45) is 0 Å². The maximum Gasteiger partial charge on any atom is 0.416 e. The van der Waals surface area contributed by atoms with E-state index in [1.54, 1.807) is 24.3 Å². The lowest BCUT2D eigenvalue weighted by Crippen LogP contribution is -2.57. The monoisotopic (exact) mass is 663 g/mol. The molecule has 0 saturated carbocycles. The molecule has 42 heavy (non-hydrogen) atoms. The molecule has 2 heterocycles. The van der Waals surface area contributed by atoms with E-state index in [-0.39, 0.29) is 49.6 Å².